The normalized spacial score (nSPS) is 17.2. The summed E-state index contributed by atoms with van der Waals surface area (Å²) in [5.41, 5.74) is 5.08. The Labute approximate surface area is 100 Å². The molecular formula is C10H10F3N5. The van der Waals surface area contributed by atoms with Crippen LogP contribution in [0.3, 0.4) is 0 Å². The van der Waals surface area contributed by atoms with E-state index in [9.17, 15) is 13.2 Å². The molecular weight excluding hydrogens is 247 g/mol. The molecule has 0 spiro atoms. The number of halogens is 3. The van der Waals surface area contributed by atoms with Crippen molar-refractivity contribution in [3.63, 3.8) is 0 Å². The van der Waals surface area contributed by atoms with Crippen molar-refractivity contribution in [3.8, 4) is 0 Å². The van der Waals surface area contributed by atoms with Gasteiger partial charge in [0.1, 0.15) is 5.52 Å². The van der Waals surface area contributed by atoms with E-state index in [2.05, 4.69) is 10.1 Å². The van der Waals surface area contributed by atoms with Gasteiger partial charge in [0, 0.05) is 37.6 Å². The Morgan fingerprint density at radius 3 is 2.67 bits per heavy atom. The maximum atomic E-state index is 12.6. The number of aromatic nitrogens is 3. The molecule has 0 amide bonds. The molecule has 1 aliphatic heterocycles. The van der Waals surface area contributed by atoms with Gasteiger partial charge in [0.05, 0.1) is 0 Å². The van der Waals surface area contributed by atoms with Gasteiger partial charge in [0.25, 0.3) is 0 Å². The molecule has 0 radical (unpaired) electrons. The third-order valence-electron chi connectivity index (χ3n) is 2.87. The number of nitrogens with zero attached hydrogens (tertiary/aromatic N) is 4. The van der Waals surface area contributed by atoms with Crippen LogP contribution in [-0.4, -0.2) is 33.7 Å². The lowest BCUT2D eigenvalue weighted by molar-refractivity contribution is -0.141. The highest BCUT2D eigenvalue weighted by Crippen LogP contribution is 2.31. The fraction of sp³-hybridized carbons (Fsp3) is 0.400. The zero-order chi connectivity index (χ0) is 12.9. The highest BCUT2D eigenvalue weighted by atomic mass is 19.4. The predicted octanol–water partition coefficient (Wildman–Crippen LogP) is 0.895. The van der Waals surface area contributed by atoms with Crippen LogP contribution in [0.4, 0.5) is 19.0 Å². The van der Waals surface area contributed by atoms with Gasteiger partial charge in [0.15, 0.2) is 11.5 Å². The third-order valence-corrected chi connectivity index (χ3v) is 2.87. The Bertz CT molecular complexity index is 585. The van der Waals surface area contributed by atoms with E-state index in [4.69, 9.17) is 5.73 Å². The quantitative estimate of drug-likeness (QED) is 0.824. The Morgan fingerprint density at radius 1 is 1.33 bits per heavy atom. The number of alkyl halides is 3. The summed E-state index contributed by atoms with van der Waals surface area (Å²) in [5, 5.41) is 3.50. The van der Waals surface area contributed by atoms with Crippen LogP contribution < -0.4 is 10.6 Å². The second kappa shape index (κ2) is 3.58. The maximum absolute atomic E-state index is 12.6. The summed E-state index contributed by atoms with van der Waals surface area (Å²) in [6, 6.07) is 1.06. The van der Waals surface area contributed by atoms with E-state index in [0.29, 0.717) is 24.4 Å². The average molecular weight is 257 g/mol. The Balaban J connectivity index is 2.07. The summed E-state index contributed by atoms with van der Waals surface area (Å²) in [6.07, 6.45) is -1.62. The first-order valence-corrected chi connectivity index (χ1v) is 5.37. The van der Waals surface area contributed by atoms with Crippen molar-refractivity contribution in [2.75, 3.05) is 18.0 Å². The summed E-state index contributed by atoms with van der Waals surface area (Å²) in [7, 11) is 0. The van der Waals surface area contributed by atoms with Gasteiger partial charge in [-0.2, -0.15) is 18.3 Å². The van der Waals surface area contributed by atoms with E-state index in [-0.39, 0.29) is 6.04 Å². The molecule has 96 valence electrons. The second-order valence-corrected chi connectivity index (χ2v) is 4.27. The molecule has 0 atom stereocenters. The lowest BCUT2D eigenvalue weighted by Gasteiger charge is -2.37. The molecule has 2 aromatic rings. The minimum absolute atomic E-state index is 0.0528. The maximum Gasteiger partial charge on any atom is 0.435 e. The van der Waals surface area contributed by atoms with Crippen molar-refractivity contribution >= 4 is 11.3 Å². The standard InChI is InChI=1S/C10H10F3N5/c11-10(12,13)8-3-7-9(17-4-6(14)5-17)15-1-2-18(7)16-8/h1-3,6H,4-5,14H2. The number of hydrogen-bond donors (Lipinski definition) is 1. The van der Waals surface area contributed by atoms with Gasteiger partial charge in [-0.1, -0.05) is 0 Å². The third kappa shape index (κ3) is 1.69. The minimum atomic E-state index is -4.45. The largest absolute Gasteiger partial charge is 0.435 e. The molecule has 2 N–H and O–H groups in total. The molecule has 0 saturated carbocycles. The molecule has 0 aliphatic carbocycles. The summed E-state index contributed by atoms with van der Waals surface area (Å²) >= 11 is 0. The van der Waals surface area contributed by atoms with Gasteiger partial charge in [-0.25, -0.2) is 9.50 Å². The van der Waals surface area contributed by atoms with E-state index in [1.807, 2.05) is 4.90 Å². The van der Waals surface area contributed by atoms with Gasteiger partial charge >= 0.3 is 6.18 Å². The molecule has 2 aromatic heterocycles. The van der Waals surface area contributed by atoms with Gasteiger partial charge < -0.3 is 10.6 Å². The number of fused-ring (bicyclic) bond motifs is 1. The molecule has 1 fully saturated rings. The molecule has 3 rings (SSSR count). The van der Waals surface area contributed by atoms with Crippen LogP contribution in [0.25, 0.3) is 5.52 Å². The van der Waals surface area contributed by atoms with Gasteiger partial charge in [-0.3, -0.25) is 0 Å². The Kier molecular flexibility index (Phi) is 2.24. The molecule has 3 heterocycles. The first-order chi connectivity index (χ1) is 8.45. The molecule has 8 heteroatoms. The number of nitrogens with two attached hydrogens (primary N) is 1. The van der Waals surface area contributed by atoms with Crippen LogP contribution in [0, 0.1) is 0 Å². The van der Waals surface area contributed by atoms with E-state index >= 15 is 0 Å². The van der Waals surface area contributed by atoms with E-state index in [1.165, 1.54) is 16.9 Å². The van der Waals surface area contributed by atoms with Crippen molar-refractivity contribution < 1.29 is 13.2 Å². The Morgan fingerprint density at radius 2 is 2.06 bits per heavy atom. The van der Waals surface area contributed by atoms with Crippen LogP contribution >= 0.6 is 0 Å². The molecule has 1 aliphatic rings. The number of anilines is 1. The van der Waals surface area contributed by atoms with E-state index in [1.54, 1.807) is 0 Å². The van der Waals surface area contributed by atoms with Gasteiger partial charge in [-0.15, -0.1) is 0 Å². The number of hydrogen-bond acceptors (Lipinski definition) is 4. The van der Waals surface area contributed by atoms with Crippen LogP contribution in [0.15, 0.2) is 18.5 Å². The molecule has 18 heavy (non-hydrogen) atoms. The highest BCUT2D eigenvalue weighted by Gasteiger charge is 2.35. The van der Waals surface area contributed by atoms with E-state index < -0.39 is 11.9 Å². The molecule has 0 bridgehead atoms. The predicted molar refractivity (Wildman–Crippen MR) is 58.2 cm³/mol. The van der Waals surface area contributed by atoms with Crippen molar-refractivity contribution in [1.29, 1.82) is 0 Å². The molecule has 0 unspecified atom stereocenters. The minimum Gasteiger partial charge on any atom is -0.352 e. The lowest BCUT2D eigenvalue weighted by Crippen LogP contribution is -2.56. The zero-order valence-electron chi connectivity index (χ0n) is 9.22. The van der Waals surface area contributed by atoms with Crippen molar-refractivity contribution in [2.24, 2.45) is 5.73 Å². The van der Waals surface area contributed by atoms with Crippen molar-refractivity contribution in [1.82, 2.24) is 14.6 Å². The van der Waals surface area contributed by atoms with Crippen molar-refractivity contribution in [3.05, 3.63) is 24.2 Å². The van der Waals surface area contributed by atoms with Crippen LogP contribution in [0.1, 0.15) is 5.69 Å². The van der Waals surface area contributed by atoms with Crippen LogP contribution in [0.5, 0.6) is 0 Å². The monoisotopic (exact) mass is 257 g/mol. The SMILES string of the molecule is NC1CN(c2nccn3nc(C(F)(F)F)cc23)C1. The van der Waals surface area contributed by atoms with E-state index in [0.717, 1.165) is 6.07 Å². The number of rotatable bonds is 1. The molecule has 1 saturated heterocycles. The molecule has 5 nitrogen and oxygen atoms in total. The summed E-state index contributed by atoms with van der Waals surface area (Å²) < 4.78 is 39.0. The highest BCUT2D eigenvalue weighted by molar-refractivity contribution is 5.70. The fourth-order valence-corrected chi connectivity index (χ4v) is 1.98. The summed E-state index contributed by atoms with van der Waals surface area (Å²) in [4.78, 5) is 5.94. The topological polar surface area (TPSA) is 59.5 Å². The first-order valence-electron chi connectivity index (χ1n) is 5.37. The Hall–Kier alpha value is -1.83. The second-order valence-electron chi connectivity index (χ2n) is 4.27. The summed E-state index contributed by atoms with van der Waals surface area (Å²) in [6.45, 7) is 1.19. The summed E-state index contributed by atoms with van der Waals surface area (Å²) in [5.74, 6) is 0.488. The van der Waals surface area contributed by atoms with Crippen LogP contribution in [-0.2, 0) is 6.18 Å². The van der Waals surface area contributed by atoms with Gasteiger partial charge in [-0.05, 0) is 0 Å². The smallest absolute Gasteiger partial charge is 0.352 e. The van der Waals surface area contributed by atoms with Crippen molar-refractivity contribution in [2.45, 2.75) is 12.2 Å². The average Bonchev–Trinajstić information content (AvgIpc) is 2.68. The fourth-order valence-electron chi connectivity index (χ4n) is 1.98. The lowest BCUT2D eigenvalue weighted by atomic mass is 10.1. The van der Waals surface area contributed by atoms with Gasteiger partial charge in [0.2, 0.25) is 0 Å². The first kappa shape index (κ1) is 11.3. The molecule has 0 aromatic carbocycles. The van der Waals surface area contributed by atoms with Crippen LogP contribution in [0.2, 0.25) is 0 Å². The zero-order valence-corrected chi connectivity index (χ0v) is 9.22.